The van der Waals surface area contributed by atoms with Crippen molar-refractivity contribution >= 4 is 12.4 Å². The fourth-order valence-electron chi connectivity index (χ4n) is 0.856. The van der Waals surface area contributed by atoms with Crippen LogP contribution in [0.25, 0.3) is 0 Å². The molecule has 0 fully saturated rings. The van der Waals surface area contributed by atoms with Gasteiger partial charge in [0.15, 0.2) is 0 Å². The molecule has 73 valence electrons. The number of urea groups is 1. The second-order valence-electron chi connectivity index (χ2n) is 2.58. The molecule has 0 heterocycles. The Morgan fingerprint density at radius 2 is 2.21 bits per heavy atom. The fraction of sp³-hybridized carbons (Fsp3) is 0.111. The van der Waals surface area contributed by atoms with Crippen molar-refractivity contribution in [3.8, 4) is 0 Å². The number of hydrazine groups is 1. The van der Waals surface area contributed by atoms with Crippen molar-refractivity contribution < 1.29 is 9.59 Å². The summed E-state index contributed by atoms with van der Waals surface area (Å²) in [5.74, 6) is 5.03. The van der Waals surface area contributed by atoms with E-state index in [1.807, 2.05) is 12.1 Å². The second-order valence-corrected chi connectivity index (χ2v) is 2.58. The summed E-state index contributed by atoms with van der Waals surface area (Å²) < 4.78 is 0. The minimum Gasteiger partial charge on any atom is -0.332 e. The average Bonchev–Trinajstić information content (AvgIpc) is 2.26. The molecule has 14 heavy (non-hydrogen) atoms. The van der Waals surface area contributed by atoms with Crippen molar-refractivity contribution in [2.24, 2.45) is 5.84 Å². The van der Waals surface area contributed by atoms with Crippen molar-refractivity contribution in [1.82, 2.24) is 10.3 Å². The van der Waals surface area contributed by atoms with Gasteiger partial charge in [-0.2, -0.15) is 5.01 Å². The molecule has 0 bridgehead atoms. The molecular weight excluding hydrogens is 182 g/mol. The van der Waals surface area contributed by atoms with Crippen LogP contribution in [-0.4, -0.2) is 17.5 Å². The zero-order valence-electron chi connectivity index (χ0n) is 7.43. The van der Waals surface area contributed by atoms with Gasteiger partial charge in [-0.15, -0.1) is 0 Å². The van der Waals surface area contributed by atoms with Crippen molar-refractivity contribution in [2.75, 3.05) is 0 Å². The lowest BCUT2D eigenvalue weighted by molar-refractivity contribution is -0.115. The Morgan fingerprint density at radius 1 is 1.57 bits per heavy atom. The van der Waals surface area contributed by atoms with Crippen molar-refractivity contribution in [1.29, 1.82) is 0 Å². The molecule has 0 saturated heterocycles. The lowest BCUT2D eigenvalue weighted by Crippen LogP contribution is -2.43. The predicted octanol–water partition coefficient (Wildman–Crippen LogP) is 0.0285. The predicted molar refractivity (Wildman–Crippen MR) is 49.6 cm³/mol. The Balaban J connectivity index is 2.42. The van der Waals surface area contributed by atoms with E-state index in [0.29, 0.717) is 11.6 Å². The van der Waals surface area contributed by atoms with Gasteiger partial charge in [-0.05, 0) is 11.6 Å². The third kappa shape index (κ3) is 2.87. The van der Waals surface area contributed by atoms with Crippen LogP contribution < -0.4 is 11.2 Å². The maximum atomic E-state index is 11.0. The van der Waals surface area contributed by atoms with Crippen LogP contribution in [0.15, 0.2) is 24.3 Å². The van der Waals surface area contributed by atoms with Crippen molar-refractivity contribution in [2.45, 2.75) is 6.54 Å². The largest absolute Gasteiger partial charge is 0.338 e. The molecular formula is C9H10N3O2. The number of nitrogens with one attached hydrogen (secondary N) is 1. The summed E-state index contributed by atoms with van der Waals surface area (Å²) in [5.41, 5.74) is 0.913. The molecule has 0 unspecified atom stereocenters. The molecule has 1 aromatic carbocycles. The Labute approximate surface area is 81.5 Å². The highest BCUT2D eigenvalue weighted by molar-refractivity contribution is 5.83. The van der Waals surface area contributed by atoms with Gasteiger partial charge < -0.3 is 5.32 Å². The Kier molecular flexibility index (Phi) is 3.63. The molecule has 0 saturated carbocycles. The zero-order valence-corrected chi connectivity index (χ0v) is 7.43. The van der Waals surface area contributed by atoms with E-state index in [-0.39, 0.29) is 6.41 Å². The number of carbonyl (C=O) groups is 2. The van der Waals surface area contributed by atoms with E-state index in [1.165, 1.54) is 0 Å². The van der Waals surface area contributed by atoms with E-state index >= 15 is 0 Å². The van der Waals surface area contributed by atoms with Crippen LogP contribution in [0.5, 0.6) is 0 Å². The summed E-state index contributed by atoms with van der Waals surface area (Å²) in [6.45, 7) is 0.328. The molecule has 0 aliphatic carbocycles. The quantitative estimate of drug-likeness (QED) is 0.307. The van der Waals surface area contributed by atoms with E-state index in [1.54, 1.807) is 12.1 Å². The van der Waals surface area contributed by atoms with E-state index in [2.05, 4.69) is 11.4 Å². The van der Waals surface area contributed by atoms with Crippen LogP contribution in [0, 0.1) is 6.07 Å². The van der Waals surface area contributed by atoms with Crippen LogP contribution >= 0.6 is 0 Å². The van der Waals surface area contributed by atoms with E-state index in [4.69, 9.17) is 5.84 Å². The second kappa shape index (κ2) is 4.98. The van der Waals surface area contributed by atoms with Crippen molar-refractivity contribution in [3.05, 3.63) is 35.9 Å². The van der Waals surface area contributed by atoms with Gasteiger partial charge in [0.2, 0.25) is 6.41 Å². The molecule has 1 radical (unpaired) electrons. The number of benzene rings is 1. The number of amides is 3. The van der Waals surface area contributed by atoms with Crippen LogP contribution in [0.3, 0.4) is 0 Å². The highest BCUT2D eigenvalue weighted by Gasteiger charge is 2.05. The first-order chi connectivity index (χ1) is 6.74. The minimum absolute atomic E-state index is 0.244. The summed E-state index contributed by atoms with van der Waals surface area (Å²) in [6.07, 6.45) is 0.244. The first-order valence-electron chi connectivity index (χ1n) is 3.96. The number of imide groups is 1. The Bertz CT molecular complexity index is 313. The molecule has 5 nitrogen and oxygen atoms in total. The molecule has 3 amide bonds. The first kappa shape index (κ1) is 10.2. The smallest absolute Gasteiger partial charge is 0.332 e. The Morgan fingerprint density at radius 3 is 2.79 bits per heavy atom. The third-order valence-corrected chi connectivity index (χ3v) is 1.58. The Hall–Kier alpha value is -1.88. The number of rotatable bonds is 3. The van der Waals surface area contributed by atoms with Crippen LogP contribution in [0.1, 0.15) is 5.56 Å². The molecule has 0 aliphatic rings. The van der Waals surface area contributed by atoms with E-state index < -0.39 is 6.03 Å². The number of hydrogen-bond acceptors (Lipinski definition) is 3. The van der Waals surface area contributed by atoms with Crippen LogP contribution in [-0.2, 0) is 11.3 Å². The van der Waals surface area contributed by atoms with Crippen LogP contribution in [0.4, 0.5) is 4.79 Å². The maximum absolute atomic E-state index is 11.0. The molecule has 5 heteroatoms. The van der Waals surface area contributed by atoms with Gasteiger partial charge >= 0.3 is 6.03 Å². The lowest BCUT2D eigenvalue weighted by Gasteiger charge is -2.09. The summed E-state index contributed by atoms with van der Waals surface area (Å²) in [6, 6.07) is 9.31. The lowest BCUT2D eigenvalue weighted by atomic mass is 10.2. The highest BCUT2D eigenvalue weighted by Crippen LogP contribution is 1.96. The molecule has 1 rings (SSSR count). The molecule has 3 N–H and O–H groups in total. The van der Waals surface area contributed by atoms with Crippen LogP contribution in [0.2, 0.25) is 0 Å². The van der Waals surface area contributed by atoms with Gasteiger partial charge in [-0.1, -0.05) is 24.3 Å². The van der Waals surface area contributed by atoms with Gasteiger partial charge in [0, 0.05) is 6.54 Å². The fourth-order valence-corrected chi connectivity index (χ4v) is 0.856. The molecule has 1 aromatic rings. The summed E-state index contributed by atoms with van der Waals surface area (Å²) in [4.78, 5) is 21.1. The summed E-state index contributed by atoms with van der Waals surface area (Å²) in [5, 5.41) is 2.92. The number of nitrogens with zero attached hydrogens (tertiary/aromatic N) is 1. The SMILES string of the molecule is NN(C=O)C(=O)NCc1cc[c]cc1. The highest BCUT2D eigenvalue weighted by atomic mass is 16.2. The monoisotopic (exact) mass is 192 g/mol. The minimum atomic E-state index is -0.632. The molecule has 0 atom stereocenters. The van der Waals surface area contributed by atoms with E-state index in [9.17, 15) is 9.59 Å². The van der Waals surface area contributed by atoms with Gasteiger partial charge in [0.1, 0.15) is 0 Å². The summed E-state index contributed by atoms with van der Waals surface area (Å²) >= 11 is 0. The molecule has 0 aromatic heterocycles. The van der Waals surface area contributed by atoms with E-state index in [0.717, 1.165) is 5.56 Å². The summed E-state index contributed by atoms with van der Waals surface area (Å²) in [7, 11) is 0. The standard InChI is InChI=1S/C9H10N3O2/c10-12(7-13)9(14)11-6-8-4-2-1-3-5-8/h2-5,7H,6,10H2,(H,11,14). The average molecular weight is 192 g/mol. The normalized spacial score (nSPS) is 9.21. The first-order valence-corrected chi connectivity index (χ1v) is 3.96. The molecule has 0 spiro atoms. The molecule has 0 aliphatic heterocycles. The van der Waals surface area contributed by atoms with Gasteiger partial charge in [-0.3, -0.25) is 4.79 Å². The van der Waals surface area contributed by atoms with Gasteiger partial charge in [-0.25, -0.2) is 10.6 Å². The maximum Gasteiger partial charge on any atom is 0.338 e. The van der Waals surface area contributed by atoms with Crippen molar-refractivity contribution in [3.63, 3.8) is 0 Å². The van der Waals surface area contributed by atoms with Gasteiger partial charge in [0.05, 0.1) is 0 Å². The topological polar surface area (TPSA) is 75.4 Å². The number of hydrogen-bond donors (Lipinski definition) is 2. The number of nitrogens with two attached hydrogens (primary N) is 1. The number of carbonyl (C=O) groups excluding carboxylic acids is 2. The zero-order chi connectivity index (χ0) is 10.4. The van der Waals surface area contributed by atoms with Gasteiger partial charge in [0.25, 0.3) is 0 Å². The third-order valence-electron chi connectivity index (χ3n) is 1.58.